The van der Waals surface area contributed by atoms with E-state index in [1.165, 1.54) is 6.42 Å². The van der Waals surface area contributed by atoms with Crippen molar-refractivity contribution in [1.82, 2.24) is 5.32 Å². The zero-order valence-electron chi connectivity index (χ0n) is 12.6. The number of ether oxygens (including phenoxy) is 1. The summed E-state index contributed by atoms with van der Waals surface area (Å²) in [6.45, 7) is 2.80. The second-order valence-electron chi connectivity index (χ2n) is 5.90. The largest absolute Gasteiger partial charge is 0.479 e. The van der Waals surface area contributed by atoms with E-state index in [9.17, 15) is 5.11 Å². The molecule has 1 aromatic rings. The lowest BCUT2D eigenvalue weighted by Gasteiger charge is -2.33. The summed E-state index contributed by atoms with van der Waals surface area (Å²) in [6.07, 6.45) is 5.28. The molecule has 2 rings (SSSR count). The number of hydrogen-bond donors (Lipinski definition) is 2. The Kier molecular flexibility index (Phi) is 5.60. The van der Waals surface area contributed by atoms with Gasteiger partial charge in [-0.25, -0.2) is 0 Å². The normalized spacial score (nSPS) is 18.7. The van der Waals surface area contributed by atoms with Crippen molar-refractivity contribution >= 4 is 0 Å². The van der Waals surface area contributed by atoms with E-state index < -0.39 is 5.60 Å². The van der Waals surface area contributed by atoms with Crippen LogP contribution in [0.15, 0.2) is 24.3 Å². The van der Waals surface area contributed by atoms with Crippen LogP contribution in [0.1, 0.15) is 50.6 Å². The number of benzene rings is 1. The standard InChI is InChI=1S/C17H24N2O2/c1-14(19-13-17(20)9-3-2-4-10-17)15-5-7-16(8-6-15)21-12-11-18/h5-8,14,19-20H,2-4,9-10,12-13H2,1H3. The molecular weight excluding hydrogens is 264 g/mol. The Morgan fingerprint density at radius 1 is 1.29 bits per heavy atom. The second-order valence-corrected chi connectivity index (χ2v) is 5.90. The molecule has 1 fully saturated rings. The molecule has 0 aromatic heterocycles. The summed E-state index contributed by atoms with van der Waals surface area (Å²) in [5.41, 5.74) is 0.612. The highest BCUT2D eigenvalue weighted by atomic mass is 16.5. The highest BCUT2D eigenvalue weighted by Crippen LogP contribution is 2.28. The lowest BCUT2D eigenvalue weighted by molar-refractivity contribution is 0.00300. The van der Waals surface area contributed by atoms with Crippen molar-refractivity contribution in [3.05, 3.63) is 29.8 Å². The zero-order valence-corrected chi connectivity index (χ0v) is 12.6. The molecule has 1 unspecified atom stereocenters. The molecule has 2 N–H and O–H groups in total. The summed E-state index contributed by atoms with van der Waals surface area (Å²) < 4.78 is 5.24. The average Bonchev–Trinajstić information content (AvgIpc) is 2.52. The van der Waals surface area contributed by atoms with Crippen molar-refractivity contribution in [2.75, 3.05) is 13.2 Å². The Bertz CT molecular complexity index is 473. The number of nitriles is 1. The fourth-order valence-corrected chi connectivity index (χ4v) is 2.82. The predicted octanol–water partition coefficient (Wildman–Crippen LogP) is 2.93. The molecule has 0 bridgehead atoms. The summed E-state index contributed by atoms with van der Waals surface area (Å²) in [7, 11) is 0. The molecule has 0 aliphatic heterocycles. The third-order valence-corrected chi connectivity index (χ3v) is 4.21. The van der Waals surface area contributed by atoms with Gasteiger partial charge >= 0.3 is 0 Å². The molecule has 0 saturated heterocycles. The Balaban J connectivity index is 1.85. The zero-order chi connectivity index (χ0) is 15.1. The molecule has 1 atom stereocenters. The van der Waals surface area contributed by atoms with Crippen LogP contribution in [0.2, 0.25) is 0 Å². The molecule has 1 aliphatic carbocycles. The van der Waals surface area contributed by atoms with Crippen LogP contribution in [-0.4, -0.2) is 23.9 Å². The Morgan fingerprint density at radius 3 is 2.57 bits per heavy atom. The van der Waals surface area contributed by atoms with Crippen molar-refractivity contribution < 1.29 is 9.84 Å². The number of aliphatic hydroxyl groups is 1. The molecule has 4 nitrogen and oxygen atoms in total. The topological polar surface area (TPSA) is 65.3 Å². The van der Waals surface area contributed by atoms with Crippen LogP contribution in [0.4, 0.5) is 0 Å². The van der Waals surface area contributed by atoms with E-state index in [1.807, 2.05) is 30.3 Å². The first-order chi connectivity index (χ1) is 10.1. The number of nitrogens with zero attached hydrogens (tertiary/aromatic N) is 1. The molecule has 0 spiro atoms. The molecule has 1 aromatic carbocycles. The van der Waals surface area contributed by atoms with Crippen LogP contribution in [0.5, 0.6) is 5.75 Å². The van der Waals surface area contributed by atoms with E-state index >= 15 is 0 Å². The summed E-state index contributed by atoms with van der Waals surface area (Å²) >= 11 is 0. The van der Waals surface area contributed by atoms with Crippen LogP contribution in [-0.2, 0) is 0 Å². The van der Waals surface area contributed by atoms with Crippen molar-refractivity contribution in [2.45, 2.75) is 50.7 Å². The van der Waals surface area contributed by atoms with E-state index in [4.69, 9.17) is 10.00 Å². The van der Waals surface area contributed by atoms with Gasteiger partial charge < -0.3 is 15.2 Å². The SMILES string of the molecule is CC(NCC1(O)CCCCC1)c1ccc(OCC#N)cc1. The summed E-state index contributed by atoms with van der Waals surface area (Å²) in [5.74, 6) is 0.707. The minimum Gasteiger partial charge on any atom is -0.479 e. The average molecular weight is 288 g/mol. The van der Waals surface area contributed by atoms with Crippen LogP contribution >= 0.6 is 0 Å². The van der Waals surface area contributed by atoms with Gasteiger partial charge in [0, 0.05) is 12.6 Å². The first-order valence-electron chi connectivity index (χ1n) is 7.68. The van der Waals surface area contributed by atoms with Crippen LogP contribution in [0.3, 0.4) is 0 Å². The Labute approximate surface area is 126 Å². The van der Waals surface area contributed by atoms with Gasteiger partial charge in [0.1, 0.15) is 11.8 Å². The molecule has 1 saturated carbocycles. The van der Waals surface area contributed by atoms with Gasteiger partial charge in [0.2, 0.25) is 0 Å². The minimum absolute atomic E-state index is 0.0696. The highest BCUT2D eigenvalue weighted by Gasteiger charge is 2.29. The van der Waals surface area contributed by atoms with E-state index in [-0.39, 0.29) is 12.6 Å². The minimum atomic E-state index is -0.539. The molecule has 114 valence electrons. The highest BCUT2D eigenvalue weighted by molar-refractivity contribution is 5.29. The lowest BCUT2D eigenvalue weighted by atomic mass is 9.84. The Morgan fingerprint density at radius 2 is 1.95 bits per heavy atom. The van der Waals surface area contributed by atoms with Gasteiger partial charge in [-0.15, -0.1) is 0 Å². The van der Waals surface area contributed by atoms with Crippen LogP contribution in [0, 0.1) is 11.3 Å². The molecule has 0 amide bonds. The number of nitrogens with one attached hydrogen (secondary N) is 1. The monoisotopic (exact) mass is 288 g/mol. The summed E-state index contributed by atoms with van der Waals surface area (Å²) in [6, 6.07) is 9.87. The maximum atomic E-state index is 10.5. The van der Waals surface area contributed by atoms with Crippen molar-refractivity contribution in [1.29, 1.82) is 5.26 Å². The predicted molar refractivity (Wildman–Crippen MR) is 82.0 cm³/mol. The number of rotatable bonds is 6. The summed E-state index contributed by atoms with van der Waals surface area (Å²) in [4.78, 5) is 0. The van der Waals surface area contributed by atoms with Gasteiger partial charge in [0.15, 0.2) is 6.61 Å². The quantitative estimate of drug-likeness (QED) is 0.844. The van der Waals surface area contributed by atoms with Gasteiger partial charge in [0.25, 0.3) is 0 Å². The molecule has 0 radical (unpaired) electrons. The molecular formula is C17H24N2O2. The maximum Gasteiger partial charge on any atom is 0.174 e. The summed E-state index contributed by atoms with van der Waals surface area (Å²) in [5, 5.41) is 22.4. The lowest BCUT2D eigenvalue weighted by Crippen LogP contribution is -2.42. The molecule has 1 aliphatic rings. The first kappa shape index (κ1) is 15.8. The van der Waals surface area contributed by atoms with Crippen molar-refractivity contribution in [3.8, 4) is 11.8 Å². The van der Waals surface area contributed by atoms with E-state index in [1.54, 1.807) is 0 Å². The van der Waals surface area contributed by atoms with Gasteiger partial charge in [-0.05, 0) is 37.5 Å². The van der Waals surface area contributed by atoms with Crippen LogP contribution < -0.4 is 10.1 Å². The first-order valence-corrected chi connectivity index (χ1v) is 7.68. The van der Waals surface area contributed by atoms with E-state index in [2.05, 4.69) is 12.2 Å². The van der Waals surface area contributed by atoms with Crippen molar-refractivity contribution in [3.63, 3.8) is 0 Å². The third-order valence-electron chi connectivity index (χ3n) is 4.21. The maximum absolute atomic E-state index is 10.5. The fourth-order valence-electron chi connectivity index (χ4n) is 2.82. The van der Waals surface area contributed by atoms with Crippen molar-refractivity contribution in [2.24, 2.45) is 0 Å². The van der Waals surface area contributed by atoms with Gasteiger partial charge in [-0.2, -0.15) is 5.26 Å². The van der Waals surface area contributed by atoms with Gasteiger partial charge in [0.05, 0.1) is 5.60 Å². The fraction of sp³-hybridized carbons (Fsp3) is 0.588. The van der Waals surface area contributed by atoms with Crippen LogP contribution in [0.25, 0.3) is 0 Å². The van der Waals surface area contributed by atoms with E-state index in [0.29, 0.717) is 12.3 Å². The second kappa shape index (κ2) is 7.44. The third kappa shape index (κ3) is 4.73. The van der Waals surface area contributed by atoms with E-state index in [0.717, 1.165) is 31.2 Å². The van der Waals surface area contributed by atoms with Gasteiger partial charge in [-0.3, -0.25) is 0 Å². The smallest absolute Gasteiger partial charge is 0.174 e. The van der Waals surface area contributed by atoms with Gasteiger partial charge in [-0.1, -0.05) is 31.4 Å². The molecule has 0 heterocycles. The molecule has 4 heteroatoms. The molecule has 21 heavy (non-hydrogen) atoms. The Hall–Kier alpha value is -1.57. The number of hydrogen-bond acceptors (Lipinski definition) is 4.